The Kier molecular flexibility index (Phi) is 5.75. The van der Waals surface area contributed by atoms with Gasteiger partial charge in [-0.15, -0.1) is 0 Å². The monoisotopic (exact) mass is 277 g/mol. The first-order valence-electron chi connectivity index (χ1n) is 7.31. The molecule has 112 valence electrons. The minimum Gasteiger partial charge on any atom is -0.507 e. The molecule has 0 spiro atoms. The number of rotatable bonds is 6. The summed E-state index contributed by atoms with van der Waals surface area (Å²) >= 11 is 0. The summed E-state index contributed by atoms with van der Waals surface area (Å²) in [5.41, 5.74) is 2.81. The van der Waals surface area contributed by atoms with E-state index in [2.05, 4.69) is 5.32 Å². The number of Topliss-reactive ketones (excluding diaryl/α,β-unsaturated/α-hetero) is 1. The van der Waals surface area contributed by atoms with E-state index in [1.807, 2.05) is 53.7 Å². The number of hydrogen-bond donors (Lipinski definition) is 2. The van der Waals surface area contributed by atoms with Gasteiger partial charge in [0.1, 0.15) is 5.75 Å². The van der Waals surface area contributed by atoms with E-state index in [1.54, 1.807) is 0 Å². The average molecular weight is 277 g/mol. The Hall–Kier alpha value is -1.35. The highest BCUT2D eigenvalue weighted by atomic mass is 16.3. The fourth-order valence-corrected chi connectivity index (χ4v) is 2.45. The fourth-order valence-electron chi connectivity index (χ4n) is 2.45. The summed E-state index contributed by atoms with van der Waals surface area (Å²) in [6.45, 7) is 11.7. The highest BCUT2D eigenvalue weighted by Crippen LogP contribution is 2.24. The van der Waals surface area contributed by atoms with Crippen LogP contribution in [0.2, 0.25) is 0 Å². The van der Waals surface area contributed by atoms with Crippen LogP contribution in [-0.4, -0.2) is 23.0 Å². The molecule has 0 fully saturated rings. The van der Waals surface area contributed by atoms with Crippen molar-refractivity contribution in [2.24, 2.45) is 5.92 Å². The zero-order valence-electron chi connectivity index (χ0n) is 13.4. The molecule has 1 atom stereocenters. The number of aryl methyl sites for hydroxylation is 2. The third-order valence-corrected chi connectivity index (χ3v) is 3.44. The smallest absolute Gasteiger partial charge is 0.152 e. The van der Waals surface area contributed by atoms with Crippen LogP contribution < -0.4 is 5.32 Å². The Labute approximate surface area is 122 Å². The largest absolute Gasteiger partial charge is 0.507 e. The first-order chi connectivity index (χ1) is 9.22. The Morgan fingerprint density at radius 1 is 1.15 bits per heavy atom. The van der Waals surface area contributed by atoms with Gasteiger partial charge in [-0.1, -0.05) is 39.8 Å². The number of phenols is 1. The highest BCUT2D eigenvalue weighted by molar-refractivity contribution is 5.86. The second kappa shape index (κ2) is 6.89. The van der Waals surface area contributed by atoms with Crippen molar-refractivity contribution in [2.45, 2.75) is 60.0 Å². The number of benzene rings is 1. The van der Waals surface area contributed by atoms with E-state index < -0.39 is 0 Å². The normalized spacial score (nSPS) is 13.0. The van der Waals surface area contributed by atoms with Crippen LogP contribution >= 0.6 is 0 Å². The number of carbonyl (C=O) groups excluding carboxylic acids is 1. The van der Waals surface area contributed by atoms with Crippen molar-refractivity contribution in [1.29, 1.82) is 0 Å². The molecule has 0 saturated carbocycles. The molecule has 0 aliphatic heterocycles. The van der Waals surface area contributed by atoms with Crippen LogP contribution in [0.1, 0.15) is 44.4 Å². The molecule has 0 aromatic heterocycles. The molecule has 0 aliphatic carbocycles. The zero-order valence-corrected chi connectivity index (χ0v) is 13.4. The highest BCUT2D eigenvalue weighted by Gasteiger charge is 2.22. The van der Waals surface area contributed by atoms with Crippen LogP contribution in [0.5, 0.6) is 5.75 Å². The molecule has 0 saturated heterocycles. The first-order valence-corrected chi connectivity index (χ1v) is 7.31. The molecule has 20 heavy (non-hydrogen) atoms. The molecular formula is C17H27NO2. The van der Waals surface area contributed by atoms with E-state index in [0.29, 0.717) is 12.2 Å². The molecule has 0 heterocycles. The van der Waals surface area contributed by atoms with E-state index in [9.17, 15) is 9.90 Å². The molecule has 3 heteroatoms. The van der Waals surface area contributed by atoms with Gasteiger partial charge in [-0.3, -0.25) is 4.79 Å². The summed E-state index contributed by atoms with van der Waals surface area (Å²) in [6.07, 6.45) is 0.664. The minimum absolute atomic E-state index is 0.0190. The SMILES string of the molecule is Cc1cc(CC(NC(C)C)C(=O)C(C)C)cc(C)c1O. The van der Waals surface area contributed by atoms with Crippen LogP contribution in [-0.2, 0) is 11.2 Å². The second-order valence-electron chi connectivity index (χ2n) is 6.21. The summed E-state index contributed by atoms with van der Waals surface area (Å²) in [5, 5.41) is 13.2. The van der Waals surface area contributed by atoms with Gasteiger partial charge in [-0.25, -0.2) is 0 Å². The number of ketones is 1. The Morgan fingerprint density at radius 3 is 2.05 bits per heavy atom. The summed E-state index contributed by atoms with van der Waals surface area (Å²) in [5.74, 6) is 0.602. The van der Waals surface area contributed by atoms with Crippen molar-refractivity contribution in [3.63, 3.8) is 0 Å². The van der Waals surface area contributed by atoms with Gasteiger partial charge in [-0.2, -0.15) is 0 Å². The maximum Gasteiger partial charge on any atom is 0.152 e. The van der Waals surface area contributed by atoms with Gasteiger partial charge in [0.2, 0.25) is 0 Å². The lowest BCUT2D eigenvalue weighted by Gasteiger charge is -2.22. The maximum atomic E-state index is 12.3. The standard InChI is InChI=1S/C17H27NO2/c1-10(2)16(19)15(18-11(3)4)9-14-7-12(5)17(20)13(6)8-14/h7-8,10-11,15,18,20H,9H2,1-6H3. The predicted molar refractivity (Wildman–Crippen MR) is 83.2 cm³/mol. The molecule has 1 aromatic carbocycles. The van der Waals surface area contributed by atoms with Crippen molar-refractivity contribution < 1.29 is 9.90 Å². The van der Waals surface area contributed by atoms with Gasteiger partial charge in [0.25, 0.3) is 0 Å². The molecule has 2 N–H and O–H groups in total. The number of nitrogens with one attached hydrogen (secondary N) is 1. The van der Waals surface area contributed by atoms with Crippen molar-refractivity contribution in [3.8, 4) is 5.75 Å². The second-order valence-corrected chi connectivity index (χ2v) is 6.21. The van der Waals surface area contributed by atoms with Gasteiger partial charge in [0.15, 0.2) is 5.78 Å². The van der Waals surface area contributed by atoms with E-state index in [-0.39, 0.29) is 23.8 Å². The van der Waals surface area contributed by atoms with Crippen LogP contribution in [0, 0.1) is 19.8 Å². The van der Waals surface area contributed by atoms with Crippen molar-refractivity contribution in [1.82, 2.24) is 5.32 Å². The topological polar surface area (TPSA) is 49.3 Å². The number of aromatic hydroxyl groups is 1. The quantitative estimate of drug-likeness (QED) is 0.840. The molecule has 0 bridgehead atoms. The Morgan fingerprint density at radius 2 is 1.65 bits per heavy atom. The predicted octanol–water partition coefficient (Wildman–Crippen LogP) is 3.14. The van der Waals surface area contributed by atoms with Gasteiger partial charge < -0.3 is 10.4 Å². The zero-order chi connectivity index (χ0) is 15.4. The van der Waals surface area contributed by atoms with E-state index in [0.717, 1.165) is 16.7 Å². The summed E-state index contributed by atoms with van der Waals surface area (Å²) < 4.78 is 0. The van der Waals surface area contributed by atoms with Crippen LogP contribution in [0.25, 0.3) is 0 Å². The average Bonchev–Trinajstić information content (AvgIpc) is 2.33. The van der Waals surface area contributed by atoms with Gasteiger partial charge >= 0.3 is 0 Å². The fraction of sp³-hybridized carbons (Fsp3) is 0.588. The first kappa shape index (κ1) is 16.7. The minimum atomic E-state index is -0.168. The van der Waals surface area contributed by atoms with E-state index in [4.69, 9.17) is 0 Å². The Balaban J connectivity index is 2.97. The lowest BCUT2D eigenvalue weighted by Crippen LogP contribution is -2.44. The van der Waals surface area contributed by atoms with Crippen molar-refractivity contribution >= 4 is 5.78 Å². The summed E-state index contributed by atoms with van der Waals surface area (Å²) in [7, 11) is 0. The van der Waals surface area contributed by atoms with Crippen molar-refractivity contribution in [3.05, 3.63) is 28.8 Å². The lowest BCUT2D eigenvalue weighted by molar-refractivity contribution is -0.124. The van der Waals surface area contributed by atoms with Gasteiger partial charge in [0.05, 0.1) is 6.04 Å². The molecule has 0 radical (unpaired) electrons. The summed E-state index contributed by atoms with van der Waals surface area (Å²) in [4.78, 5) is 12.3. The lowest BCUT2D eigenvalue weighted by atomic mass is 9.93. The third-order valence-electron chi connectivity index (χ3n) is 3.44. The molecule has 3 nitrogen and oxygen atoms in total. The molecular weight excluding hydrogens is 250 g/mol. The van der Waals surface area contributed by atoms with Gasteiger partial charge in [-0.05, 0) is 37.0 Å². The Bertz CT molecular complexity index is 455. The van der Waals surface area contributed by atoms with E-state index >= 15 is 0 Å². The maximum absolute atomic E-state index is 12.3. The van der Waals surface area contributed by atoms with Gasteiger partial charge in [0, 0.05) is 12.0 Å². The third kappa shape index (κ3) is 4.34. The molecule has 1 rings (SSSR count). The number of phenolic OH excluding ortho intramolecular Hbond substituents is 1. The molecule has 0 aliphatic rings. The van der Waals surface area contributed by atoms with Crippen LogP contribution in [0.15, 0.2) is 12.1 Å². The van der Waals surface area contributed by atoms with Crippen LogP contribution in [0.3, 0.4) is 0 Å². The number of hydrogen-bond acceptors (Lipinski definition) is 3. The summed E-state index contributed by atoms with van der Waals surface area (Å²) in [6, 6.07) is 4.02. The van der Waals surface area contributed by atoms with E-state index in [1.165, 1.54) is 0 Å². The number of carbonyl (C=O) groups is 1. The van der Waals surface area contributed by atoms with Crippen LogP contribution in [0.4, 0.5) is 0 Å². The molecule has 1 unspecified atom stereocenters. The van der Waals surface area contributed by atoms with Crippen molar-refractivity contribution in [2.75, 3.05) is 0 Å². The molecule has 0 amide bonds. The molecule has 1 aromatic rings.